The van der Waals surface area contributed by atoms with Gasteiger partial charge in [-0.05, 0) is 127 Å². The van der Waals surface area contributed by atoms with E-state index < -0.39 is 0 Å². The highest BCUT2D eigenvalue weighted by molar-refractivity contribution is 6.09. The van der Waals surface area contributed by atoms with E-state index in [0.29, 0.717) is 0 Å². The van der Waals surface area contributed by atoms with E-state index in [0.717, 1.165) is 22.7 Å². The van der Waals surface area contributed by atoms with Gasteiger partial charge in [-0.15, -0.1) is 0 Å². The summed E-state index contributed by atoms with van der Waals surface area (Å²) < 4.78 is 2.38. The first-order chi connectivity index (χ1) is 31.3. The second kappa shape index (κ2) is 13.9. The summed E-state index contributed by atoms with van der Waals surface area (Å²) >= 11 is 0. The molecule has 0 fully saturated rings. The van der Waals surface area contributed by atoms with E-state index in [9.17, 15) is 0 Å². The second-order valence-corrected chi connectivity index (χ2v) is 16.8. The van der Waals surface area contributed by atoms with E-state index in [4.69, 9.17) is 0 Å². The Kier molecular flexibility index (Phi) is 7.85. The molecule has 0 aliphatic heterocycles. The summed E-state index contributed by atoms with van der Waals surface area (Å²) in [7, 11) is 0. The molecule has 294 valence electrons. The SMILES string of the molecule is c1ccc(-c2cccc(N(c3ccc(-c4ccc(-n5c6ccccc6c6ccccc65)cc4)cc3)c3ccc4c(c3)-c3ccccc3C43c4ccccc4-c4ccccc43)c2)cc1. The molecule has 13 rings (SSSR count). The molecule has 0 amide bonds. The maximum absolute atomic E-state index is 2.43. The van der Waals surface area contributed by atoms with Crippen LogP contribution in [0.15, 0.2) is 243 Å². The lowest BCUT2D eigenvalue weighted by Gasteiger charge is -2.31. The predicted molar refractivity (Wildman–Crippen MR) is 263 cm³/mol. The average molecular weight is 801 g/mol. The Balaban J connectivity index is 0.935. The quantitative estimate of drug-likeness (QED) is 0.163. The molecule has 11 aromatic rings. The maximum atomic E-state index is 2.43. The van der Waals surface area contributed by atoms with Gasteiger partial charge in [0.25, 0.3) is 0 Å². The molecule has 1 heterocycles. The number of nitrogens with zero attached hydrogens (tertiary/aromatic N) is 2. The number of hydrogen-bond donors (Lipinski definition) is 0. The lowest BCUT2D eigenvalue weighted by atomic mass is 9.70. The molecule has 0 unspecified atom stereocenters. The number of rotatable bonds is 6. The summed E-state index contributed by atoms with van der Waals surface area (Å²) in [5.41, 5.74) is 21.9. The van der Waals surface area contributed by atoms with E-state index in [1.807, 2.05) is 0 Å². The first kappa shape index (κ1) is 35.5. The molecule has 2 aliphatic carbocycles. The van der Waals surface area contributed by atoms with Gasteiger partial charge in [0, 0.05) is 33.5 Å². The van der Waals surface area contributed by atoms with Gasteiger partial charge >= 0.3 is 0 Å². The minimum absolute atomic E-state index is 0.381. The van der Waals surface area contributed by atoms with Crippen LogP contribution in [0.1, 0.15) is 22.3 Å². The molecule has 0 saturated carbocycles. The third kappa shape index (κ3) is 5.25. The van der Waals surface area contributed by atoms with Crippen LogP contribution in [-0.2, 0) is 5.41 Å². The Labute approximate surface area is 367 Å². The van der Waals surface area contributed by atoms with Crippen molar-refractivity contribution < 1.29 is 0 Å². The lowest BCUT2D eigenvalue weighted by molar-refractivity contribution is 0.794. The zero-order chi connectivity index (χ0) is 41.5. The van der Waals surface area contributed by atoms with Crippen molar-refractivity contribution in [2.24, 2.45) is 0 Å². The third-order valence-electron chi connectivity index (χ3n) is 13.6. The molecule has 0 atom stereocenters. The van der Waals surface area contributed by atoms with Crippen molar-refractivity contribution in [1.82, 2.24) is 4.57 Å². The molecule has 0 radical (unpaired) electrons. The lowest BCUT2D eigenvalue weighted by Crippen LogP contribution is -2.25. The number of aromatic nitrogens is 1. The smallest absolute Gasteiger partial charge is 0.0725 e. The first-order valence-electron chi connectivity index (χ1n) is 21.8. The third-order valence-corrected chi connectivity index (χ3v) is 13.6. The Morgan fingerprint density at radius 1 is 0.286 bits per heavy atom. The molecule has 1 spiro atoms. The molecule has 2 heteroatoms. The minimum Gasteiger partial charge on any atom is -0.310 e. The van der Waals surface area contributed by atoms with E-state index in [2.05, 4.69) is 252 Å². The Hall–Kier alpha value is -8.20. The van der Waals surface area contributed by atoms with E-state index in [1.165, 1.54) is 88.6 Å². The van der Waals surface area contributed by atoms with Gasteiger partial charge in [0.15, 0.2) is 0 Å². The zero-order valence-electron chi connectivity index (χ0n) is 34.5. The summed E-state index contributed by atoms with van der Waals surface area (Å²) in [4.78, 5) is 2.42. The van der Waals surface area contributed by atoms with Gasteiger partial charge in [-0.2, -0.15) is 0 Å². The molecular formula is C61H40N2. The summed E-state index contributed by atoms with van der Waals surface area (Å²) in [6.07, 6.45) is 0. The zero-order valence-corrected chi connectivity index (χ0v) is 34.5. The van der Waals surface area contributed by atoms with Gasteiger partial charge in [0.1, 0.15) is 0 Å². The topological polar surface area (TPSA) is 8.17 Å². The molecule has 0 bridgehead atoms. The fourth-order valence-electron chi connectivity index (χ4n) is 10.9. The van der Waals surface area contributed by atoms with Gasteiger partial charge in [-0.25, -0.2) is 0 Å². The molecular weight excluding hydrogens is 761 g/mol. The molecule has 0 N–H and O–H groups in total. The van der Waals surface area contributed by atoms with Crippen LogP contribution >= 0.6 is 0 Å². The molecule has 0 saturated heterocycles. The Morgan fingerprint density at radius 2 is 0.730 bits per heavy atom. The Bertz CT molecular complexity index is 3460. The van der Waals surface area contributed by atoms with Crippen LogP contribution in [0.2, 0.25) is 0 Å². The van der Waals surface area contributed by atoms with Gasteiger partial charge in [-0.3, -0.25) is 0 Å². The highest BCUT2D eigenvalue weighted by Crippen LogP contribution is 2.63. The highest BCUT2D eigenvalue weighted by atomic mass is 15.1. The van der Waals surface area contributed by atoms with Crippen molar-refractivity contribution in [3.05, 3.63) is 265 Å². The van der Waals surface area contributed by atoms with Crippen molar-refractivity contribution in [2.75, 3.05) is 4.90 Å². The number of hydrogen-bond acceptors (Lipinski definition) is 1. The normalized spacial score (nSPS) is 12.9. The van der Waals surface area contributed by atoms with E-state index in [-0.39, 0.29) is 5.41 Å². The second-order valence-electron chi connectivity index (χ2n) is 16.8. The maximum Gasteiger partial charge on any atom is 0.0725 e. The van der Waals surface area contributed by atoms with E-state index in [1.54, 1.807) is 0 Å². The number of fused-ring (bicyclic) bond motifs is 13. The summed E-state index contributed by atoms with van der Waals surface area (Å²) in [6.45, 7) is 0. The number of anilines is 3. The number of benzene rings is 10. The van der Waals surface area contributed by atoms with Crippen molar-refractivity contribution in [3.8, 4) is 50.2 Å². The van der Waals surface area contributed by atoms with Gasteiger partial charge in [-0.1, -0.05) is 182 Å². The van der Waals surface area contributed by atoms with Gasteiger partial charge in [0.05, 0.1) is 16.4 Å². The van der Waals surface area contributed by atoms with Gasteiger partial charge < -0.3 is 9.47 Å². The van der Waals surface area contributed by atoms with Crippen LogP contribution in [0.5, 0.6) is 0 Å². The summed E-state index contributed by atoms with van der Waals surface area (Å²) in [6, 6.07) is 89.4. The number of para-hydroxylation sites is 2. The monoisotopic (exact) mass is 800 g/mol. The standard InChI is InChI=1S/C61H40N2/c1-2-15-41(16-3-1)44-17-14-18-47(39-44)62(45-33-29-42(30-34-45)43-31-35-46(36-32-43)63-59-27-12-7-22-52(59)53-23-8-13-28-60(53)63)48-37-38-58-54(40-48)51-21-6-11-26-57(51)61(58)55-24-9-4-19-49(55)50-20-5-10-25-56(50)61/h1-40H. The summed E-state index contributed by atoms with van der Waals surface area (Å²) in [5, 5.41) is 2.54. The molecule has 2 nitrogen and oxygen atoms in total. The van der Waals surface area contributed by atoms with Crippen LogP contribution < -0.4 is 4.90 Å². The van der Waals surface area contributed by atoms with Crippen molar-refractivity contribution in [2.45, 2.75) is 5.41 Å². The summed E-state index contributed by atoms with van der Waals surface area (Å²) in [5.74, 6) is 0. The first-order valence-corrected chi connectivity index (χ1v) is 21.8. The van der Waals surface area contributed by atoms with Crippen LogP contribution in [-0.4, -0.2) is 4.57 Å². The fourth-order valence-corrected chi connectivity index (χ4v) is 10.9. The fraction of sp³-hybridized carbons (Fsp3) is 0.0164. The molecule has 10 aromatic carbocycles. The van der Waals surface area contributed by atoms with Crippen molar-refractivity contribution in [3.63, 3.8) is 0 Å². The van der Waals surface area contributed by atoms with Crippen LogP contribution in [0.4, 0.5) is 17.1 Å². The highest BCUT2D eigenvalue weighted by Gasteiger charge is 2.51. The van der Waals surface area contributed by atoms with Crippen molar-refractivity contribution >= 4 is 38.9 Å². The van der Waals surface area contributed by atoms with Crippen LogP contribution in [0.25, 0.3) is 72.0 Å². The predicted octanol–water partition coefficient (Wildman–Crippen LogP) is 15.9. The largest absolute Gasteiger partial charge is 0.310 e. The van der Waals surface area contributed by atoms with E-state index >= 15 is 0 Å². The average Bonchev–Trinajstić information content (AvgIpc) is 3.97. The van der Waals surface area contributed by atoms with Crippen LogP contribution in [0, 0.1) is 0 Å². The molecule has 63 heavy (non-hydrogen) atoms. The van der Waals surface area contributed by atoms with Crippen LogP contribution in [0.3, 0.4) is 0 Å². The Morgan fingerprint density at radius 3 is 1.35 bits per heavy atom. The molecule has 1 aromatic heterocycles. The minimum atomic E-state index is -0.381. The molecule has 2 aliphatic rings. The van der Waals surface area contributed by atoms with Gasteiger partial charge in [0.2, 0.25) is 0 Å². The van der Waals surface area contributed by atoms with Crippen molar-refractivity contribution in [1.29, 1.82) is 0 Å².